The van der Waals surface area contributed by atoms with E-state index in [0.717, 1.165) is 11.3 Å². The van der Waals surface area contributed by atoms with E-state index in [2.05, 4.69) is 20.5 Å². The van der Waals surface area contributed by atoms with Gasteiger partial charge in [-0.3, -0.25) is 4.79 Å². The Balaban J connectivity index is 1.36. The van der Waals surface area contributed by atoms with E-state index in [4.69, 9.17) is 0 Å². The second-order valence-corrected chi connectivity index (χ2v) is 6.51. The predicted octanol–water partition coefficient (Wildman–Crippen LogP) is 2.87. The minimum atomic E-state index is -0.357. The maximum absolute atomic E-state index is 13.1. The Hall–Kier alpha value is -3.81. The molecule has 1 N–H and O–H groups in total. The van der Waals surface area contributed by atoms with Crippen molar-refractivity contribution in [1.82, 2.24) is 29.9 Å². The first-order valence-electron chi connectivity index (χ1n) is 9.17. The largest absolute Gasteiger partial charge is 0.349 e. The van der Waals surface area contributed by atoms with Crippen LogP contribution in [0, 0.1) is 12.7 Å². The Bertz CT molecular complexity index is 1120. The standard InChI is InChI=1S/C21H19FN6O/c1-15-25-20(26-28(15)19-9-7-17(22)8-10-19)21(29)23-12-11-16-13-24-27(14-16)18-5-3-2-4-6-18/h2-10,13-14H,11-12H2,1H3,(H,23,29). The number of rotatable bonds is 6. The predicted molar refractivity (Wildman–Crippen MR) is 106 cm³/mol. The van der Waals surface area contributed by atoms with Crippen molar-refractivity contribution in [3.05, 3.63) is 90.0 Å². The Kier molecular flexibility index (Phi) is 5.15. The van der Waals surface area contributed by atoms with Crippen LogP contribution >= 0.6 is 0 Å². The number of aromatic nitrogens is 5. The molecule has 2 aromatic carbocycles. The number of halogens is 1. The van der Waals surface area contributed by atoms with Gasteiger partial charge in [-0.1, -0.05) is 18.2 Å². The number of para-hydroxylation sites is 1. The quantitative estimate of drug-likeness (QED) is 0.549. The molecule has 0 radical (unpaired) electrons. The smallest absolute Gasteiger partial charge is 0.290 e. The average Bonchev–Trinajstić information content (AvgIpc) is 3.36. The summed E-state index contributed by atoms with van der Waals surface area (Å²) in [6.45, 7) is 2.18. The summed E-state index contributed by atoms with van der Waals surface area (Å²) in [5.74, 6) is -0.0674. The van der Waals surface area contributed by atoms with Crippen LogP contribution in [0.15, 0.2) is 67.0 Å². The summed E-state index contributed by atoms with van der Waals surface area (Å²) < 4.78 is 16.4. The van der Waals surface area contributed by atoms with Crippen LogP contribution in [-0.4, -0.2) is 37.0 Å². The topological polar surface area (TPSA) is 77.6 Å². The van der Waals surface area contributed by atoms with Gasteiger partial charge in [0, 0.05) is 12.7 Å². The highest BCUT2D eigenvalue weighted by Gasteiger charge is 2.15. The van der Waals surface area contributed by atoms with E-state index in [1.807, 2.05) is 36.5 Å². The minimum absolute atomic E-state index is 0.0757. The zero-order valence-corrected chi connectivity index (χ0v) is 15.8. The van der Waals surface area contributed by atoms with Crippen LogP contribution in [0.3, 0.4) is 0 Å². The number of carbonyl (C=O) groups excluding carboxylic acids is 1. The van der Waals surface area contributed by atoms with Crippen molar-refractivity contribution in [1.29, 1.82) is 0 Å². The number of benzene rings is 2. The molecule has 0 aliphatic rings. The molecule has 0 bridgehead atoms. The third-order valence-electron chi connectivity index (χ3n) is 4.40. The fourth-order valence-corrected chi connectivity index (χ4v) is 2.92. The molecule has 7 nitrogen and oxygen atoms in total. The number of aryl methyl sites for hydroxylation is 1. The zero-order chi connectivity index (χ0) is 20.2. The Morgan fingerprint density at radius 1 is 1.07 bits per heavy atom. The van der Waals surface area contributed by atoms with E-state index < -0.39 is 0 Å². The van der Waals surface area contributed by atoms with Gasteiger partial charge in [-0.2, -0.15) is 5.10 Å². The SMILES string of the molecule is Cc1nc(C(=O)NCCc2cnn(-c3ccccc3)c2)nn1-c1ccc(F)cc1. The van der Waals surface area contributed by atoms with Gasteiger partial charge in [0.15, 0.2) is 0 Å². The molecule has 0 spiro atoms. The number of hydrogen-bond acceptors (Lipinski definition) is 4. The van der Waals surface area contributed by atoms with Crippen LogP contribution < -0.4 is 5.32 Å². The summed E-state index contributed by atoms with van der Waals surface area (Å²) in [6, 6.07) is 15.7. The Labute approximate surface area is 166 Å². The third kappa shape index (κ3) is 4.21. The molecule has 2 aromatic heterocycles. The van der Waals surface area contributed by atoms with E-state index in [1.165, 1.54) is 16.8 Å². The molecule has 0 aliphatic carbocycles. The van der Waals surface area contributed by atoms with Crippen LogP contribution in [0.1, 0.15) is 22.0 Å². The lowest BCUT2D eigenvalue weighted by Gasteiger charge is -2.02. The van der Waals surface area contributed by atoms with E-state index in [-0.39, 0.29) is 17.5 Å². The average molecular weight is 390 g/mol. The molecule has 8 heteroatoms. The van der Waals surface area contributed by atoms with Gasteiger partial charge in [-0.05, 0) is 55.3 Å². The first-order chi connectivity index (χ1) is 14.1. The van der Waals surface area contributed by atoms with Gasteiger partial charge in [-0.25, -0.2) is 18.7 Å². The molecular weight excluding hydrogens is 371 g/mol. The molecule has 146 valence electrons. The number of hydrogen-bond donors (Lipinski definition) is 1. The number of carbonyl (C=O) groups is 1. The van der Waals surface area contributed by atoms with E-state index in [9.17, 15) is 9.18 Å². The molecule has 0 atom stereocenters. The lowest BCUT2D eigenvalue weighted by molar-refractivity contribution is 0.0944. The maximum Gasteiger partial charge on any atom is 0.290 e. The fourth-order valence-electron chi connectivity index (χ4n) is 2.92. The van der Waals surface area contributed by atoms with Crippen LogP contribution in [0.2, 0.25) is 0 Å². The van der Waals surface area contributed by atoms with Gasteiger partial charge in [0.1, 0.15) is 11.6 Å². The lowest BCUT2D eigenvalue weighted by atomic mass is 10.2. The monoisotopic (exact) mass is 390 g/mol. The van der Waals surface area contributed by atoms with Crippen LogP contribution in [-0.2, 0) is 6.42 Å². The van der Waals surface area contributed by atoms with Gasteiger partial charge in [0.2, 0.25) is 5.82 Å². The highest BCUT2D eigenvalue weighted by molar-refractivity contribution is 5.90. The molecule has 29 heavy (non-hydrogen) atoms. The summed E-state index contributed by atoms with van der Waals surface area (Å²) in [7, 11) is 0. The van der Waals surface area contributed by atoms with Crippen LogP contribution in [0.5, 0.6) is 0 Å². The first kappa shape index (κ1) is 18.5. The Morgan fingerprint density at radius 2 is 1.83 bits per heavy atom. The molecule has 2 heterocycles. The third-order valence-corrected chi connectivity index (χ3v) is 4.40. The van der Waals surface area contributed by atoms with E-state index >= 15 is 0 Å². The molecule has 4 rings (SSSR count). The maximum atomic E-state index is 13.1. The highest BCUT2D eigenvalue weighted by atomic mass is 19.1. The molecule has 0 saturated carbocycles. The molecule has 4 aromatic rings. The highest BCUT2D eigenvalue weighted by Crippen LogP contribution is 2.11. The first-order valence-corrected chi connectivity index (χ1v) is 9.17. The van der Waals surface area contributed by atoms with Gasteiger partial charge in [0.05, 0.1) is 17.6 Å². The van der Waals surface area contributed by atoms with Crippen molar-refractivity contribution in [2.24, 2.45) is 0 Å². The summed E-state index contributed by atoms with van der Waals surface area (Å²) in [5.41, 5.74) is 2.63. The van der Waals surface area contributed by atoms with Crippen molar-refractivity contribution in [2.75, 3.05) is 6.54 Å². The minimum Gasteiger partial charge on any atom is -0.349 e. The normalized spacial score (nSPS) is 10.8. The molecule has 0 saturated heterocycles. The van der Waals surface area contributed by atoms with Crippen molar-refractivity contribution in [2.45, 2.75) is 13.3 Å². The van der Waals surface area contributed by atoms with Gasteiger partial charge in [-0.15, -0.1) is 5.10 Å². The zero-order valence-electron chi connectivity index (χ0n) is 15.8. The Morgan fingerprint density at radius 3 is 2.59 bits per heavy atom. The molecule has 0 aliphatic heterocycles. The van der Waals surface area contributed by atoms with Crippen LogP contribution in [0.4, 0.5) is 4.39 Å². The second-order valence-electron chi connectivity index (χ2n) is 6.51. The van der Waals surface area contributed by atoms with Crippen molar-refractivity contribution in [3.63, 3.8) is 0 Å². The fraction of sp³-hybridized carbons (Fsp3) is 0.143. The van der Waals surface area contributed by atoms with Gasteiger partial charge < -0.3 is 5.32 Å². The van der Waals surface area contributed by atoms with Crippen molar-refractivity contribution < 1.29 is 9.18 Å². The lowest BCUT2D eigenvalue weighted by Crippen LogP contribution is -2.26. The number of nitrogens with one attached hydrogen (secondary N) is 1. The van der Waals surface area contributed by atoms with E-state index in [1.54, 1.807) is 29.9 Å². The summed E-state index contributed by atoms with van der Waals surface area (Å²) in [6.07, 6.45) is 4.36. The molecule has 1 amide bonds. The second kappa shape index (κ2) is 8.05. The number of amides is 1. The molecule has 0 fully saturated rings. The van der Waals surface area contributed by atoms with Crippen LogP contribution in [0.25, 0.3) is 11.4 Å². The number of nitrogens with zero attached hydrogens (tertiary/aromatic N) is 5. The van der Waals surface area contributed by atoms with Crippen molar-refractivity contribution >= 4 is 5.91 Å². The summed E-state index contributed by atoms with van der Waals surface area (Å²) in [5, 5.41) is 11.4. The molecule has 0 unspecified atom stereocenters. The summed E-state index contributed by atoms with van der Waals surface area (Å²) >= 11 is 0. The van der Waals surface area contributed by atoms with Crippen molar-refractivity contribution in [3.8, 4) is 11.4 Å². The van der Waals surface area contributed by atoms with Gasteiger partial charge >= 0.3 is 0 Å². The van der Waals surface area contributed by atoms with Gasteiger partial charge in [0.25, 0.3) is 5.91 Å². The molecular formula is C21H19FN6O. The van der Waals surface area contributed by atoms with E-state index in [0.29, 0.717) is 24.5 Å². The summed E-state index contributed by atoms with van der Waals surface area (Å²) in [4.78, 5) is 16.6.